The van der Waals surface area contributed by atoms with Crippen molar-refractivity contribution in [3.8, 4) is 0 Å². The van der Waals surface area contributed by atoms with Crippen LogP contribution in [0, 0.1) is 12.8 Å². The first kappa shape index (κ1) is 19.2. The molecule has 138 valence electrons. The van der Waals surface area contributed by atoms with Crippen molar-refractivity contribution in [1.29, 1.82) is 0 Å². The molecule has 1 atom stereocenters. The highest BCUT2D eigenvalue weighted by Gasteiger charge is 2.24. The van der Waals surface area contributed by atoms with Gasteiger partial charge in [0.15, 0.2) is 5.96 Å². The van der Waals surface area contributed by atoms with Gasteiger partial charge in [0.25, 0.3) is 5.91 Å². The van der Waals surface area contributed by atoms with Gasteiger partial charge in [-0.2, -0.15) is 0 Å². The molecule has 6 nitrogen and oxygen atoms in total. The van der Waals surface area contributed by atoms with Gasteiger partial charge in [-0.05, 0) is 32.4 Å². The minimum Gasteiger partial charge on any atom is -0.384 e. The number of aryl methyl sites for hydroxylation is 1. The lowest BCUT2D eigenvalue weighted by Crippen LogP contribution is -2.40. The zero-order valence-corrected chi connectivity index (χ0v) is 15.5. The van der Waals surface area contributed by atoms with Crippen LogP contribution in [0.1, 0.15) is 29.3 Å². The molecule has 1 fully saturated rings. The van der Waals surface area contributed by atoms with Gasteiger partial charge in [-0.25, -0.2) is 0 Å². The number of carbonyl (C=O) groups is 1. The van der Waals surface area contributed by atoms with Crippen LogP contribution in [0.4, 0.5) is 0 Å². The summed E-state index contributed by atoms with van der Waals surface area (Å²) in [5.74, 6) is 1.44. The molecule has 1 aliphatic heterocycles. The molecule has 0 spiro atoms. The Bertz CT molecular complexity index is 589. The van der Waals surface area contributed by atoms with Gasteiger partial charge in [0.05, 0.1) is 13.2 Å². The van der Waals surface area contributed by atoms with Gasteiger partial charge in [-0.3, -0.25) is 9.79 Å². The molecule has 6 heteroatoms. The number of aliphatic imine (C=N–C) groups is 1. The number of nitrogens with one attached hydrogen (secondary N) is 2. The van der Waals surface area contributed by atoms with Crippen molar-refractivity contribution in [3.63, 3.8) is 0 Å². The largest absolute Gasteiger partial charge is 0.384 e. The van der Waals surface area contributed by atoms with Crippen LogP contribution < -0.4 is 10.6 Å². The number of methoxy groups -OCH3 is 1. The van der Waals surface area contributed by atoms with Gasteiger partial charge < -0.3 is 20.3 Å². The van der Waals surface area contributed by atoms with Crippen molar-refractivity contribution >= 4 is 11.9 Å². The maximum Gasteiger partial charge on any atom is 0.251 e. The first-order valence-corrected chi connectivity index (χ1v) is 9.01. The van der Waals surface area contributed by atoms with Crippen LogP contribution in [-0.4, -0.2) is 63.2 Å². The summed E-state index contributed by atoms with van der Waals surface area (Å²) < 4.78 is 5.25. The summed E-state index contributed by atoms with van der Waals surface area (Å²) >= 11 is 0. The van der Waals surface area contributed by atoms with Crippen LogP contribution in [0.25, 0.3) is 0 Å². The quantitative estimate of drug-likeness (QED) is 0.448. The number of nitrogens with zero attached hydrogens (tertiary/aromatic N) is 2. The van der Waals surface area contributed by atoms with Crippen molar-refractivity contribution in [2.24, 2.45) is 10.9 Å². The third kappa shape index (κ3) is 6.05. The highest BCUT2D eigenvalue weighted by atomic mass is 16.5. The van der Waals surface area contributed by atoms with Crippen LogP contribution in [-0.2, 0) is 4.74 Å². The molecule has 2 N–H and O–H groups in total. The van der Waals surface area contributed by atoms with Gasteiger partial charge in [0.1, 0.15) is 0 Å². The van der Waals surface area contributed by atoms with E-state index in [1.165, 1.54) is 0 Å². The van der Waals surface area contributed by atoms with Crippen molar-refractivity contribution in [2.45, 2.75) is 20.3 Å². The van der Waals surface area contributed by atoms with E-state index in [0.29, 0.717) is 24.6 Å². The fraction of sp³-hybridized carbons (Fsp3) is 0.579. The molecular formula is C19H30N4O2. The lowest BCUT2D eigenvalue weighted by atomic mass is 10.1. The van der Waals surface area contributed by atoms with E-state index in [-0.39, 0.29) is 5.91 Å². The molecule has 1 aromatic rings. The molecule has 1 aliphatic rings. The van der Waals surface area contributed by atoms with Crippen LogP contribution >= 0.6 is 0 Å². The number of ether oxygens (including phenoxy) is 1. The fourth-order valence-electron chi connectivity index (χ4n) is 3.04. The van der Waals surface area contributed by atoms with Crippen molar-refractivity contribution in [3.05, 3.63) is 35.4 Å². The minimum atomic E-state index is -0.0507. The SMILES string of the molecule is CCNC(=NCCNC(=O)c1cccc(C)c1)N1CCC(COC)C1. The summed E-state index contributed by atoms with van der Waals surface area (Å²) in [5.41, 5.74) is 1.78. The van der Waals surface area contributed by atoms with Gasteiger partial charge in [-0.15, -0.1) is 0 Å². The number of likely N-dealkylation sites (tertiary alicyclic amines) is 1. The summed E-state index contributed by atoms with van der Waals surface area (Å²) in [7, 11) is 1.75. The summed E-state index contributed by atoms with van der Waals surface area (Å²) in [6, 6.07) is 7.60. The second-order valence-electron chi connectivity index (χ2n) is 6.42. The number of amides is 1. The second-order valence-corrected chi connectivity index (χ2v) is 6.42. The van der Waals surface area contributed by atoms with Gasteiger partial charge in [0.2, 0.25) is 0 Å². The molecule has 1 amide bonds. The van der Waals surface area contributed by atoms with Crippen molar-refractivity contribution in [1.82, 2.24) is 15.5 Å². The first-order valence-electron chi connectivity index (χ1n) is 9.01. The molecule has 25 heavy (non-hydrogen) atoms. The molecule has 1 saturated heterocycles. The van der Waals surface area contributed by atoms with Gasteiger partial charge >= 0.3 is 0 Å². The predicted octanol–water partition coefficient (Wildman–Crippen LogP) is 1.66. The van der Waals surface area contributed by atoms with E-state index in [1.807, 2.05) is 31.2 Å². The lowest BCUT2D eigenvalue weighted by molar-refractivity contribution is 0.0954. The molecule has 0 saturated carbocycles. The average Bonchev–Trinajstić information content (AvgIpc) is 3.06. The standard InChI is InChI=1S/C19H30N4O2/c1-4-20-19(23-11-8-16(13-23)14-25-3)22-10-9-21-18(24)17-7-5-6-15(2)12-17/h5-7,12,16H,4,8-11,13-14H2,1-3H3,(H,20,22)(H,21,24). The Morgan fingerprint density at radius 1 is 1.40 bits per heavy atom. The number of carbonyl (C=O) groups excluding carboxylic acids is 1. The Morgan fingerprint density at radius 3 is 2.96 bits per heavy atom. The van der Waals surface area contributed by atoms with Crippen LogP contribution in [0.5, 0.6) is 0 Å². The molecule has 2 rings (SSSR count). The summed E-state index contributed by atoms with van der Waals surface area (Å²) in [5, 5.41) is 6.27. The maximum atomic E-state index is 12.1. The normalized spacial score (nSPS) is 17.6. The van der Waals surface area contributed by atoms with Gasteiger partial charge in [-0.1, -0.05) is 17.7 Å². The zero-order valence-electron chi connectivity index (χ0n) is 15.5. The maximum absolute atomic E-state index is 12.1. The molecule has 0 aliphatic carbocycles. The van der Waals surface area contributed by atoms with E-state index in [1.54, 1.807) is 7.11 Å². The minimum absolute atomic E-state index is 0.0507. The highest BCUT2D eigenvalue weighted by Crippen LogP contribution is 2.16. The third-order valence-corrected chi connectivity index (χ3v) is 4.26. The highest BCUT2D eigenvalue weighted by molar-refractivity contribution is 5.94. The number of benzene rings is 1. The molecule has 1 unspecified atom stereocenters. The van der Waals surface area contributed by atoms with E-state index >= 15 is 0 Å². The monoisotopic (exact) mass is 346 g/mol. The number of rotatable bonds is 7. The zero-order chi connectivity index (χ0) is 18.1. The molecular weight excluding hydrogens is 316 g/mol. The average molecular weight is 346 g/mol. The van der Waals surface area contributed by atoms with Gasteiger partial charge in [0, 0.05) is 44.8 Å². The molecule has 0 bridgehead atoms. The molecule has 1 heterocycles. The Balaban J connectivity index is 1.82. The number of hydrogen-bond donors (Lipinski definition) is 2. The third-order valence-electron chi connectivity index (χ3n) is 4.26. The smallest absolute Gasteiger partial charge is 0.251 e. The molecule has 1 aromatic carbocycles. The Kier molecular flexibility index (Phi) is 7.73. The molecule has 0 radical (unpaired) electrons. The number of hydrogen-bond acceptors (Lipinski definition) is 3. The predicted molar refractivity (Wildman–Crippen MR) is 101 cm³/mol. The van der Waals surface area contributed by atoms with E-state index in [9.17, 15) is 4.79 Å². The van der Waals surface area contributed by atoms with E-state index in [0.717, 1.165) is 44.2 Å². The van der Waals surface area contributed by atoms with Crippen molar-refractivity contribution < 1.29 is 9.53 Å². The Labute approximate surface area is 150 Å². The first-order chi connectivity index (χ1) is 12.1. The fourth-order valence-corrected chi connectivity index (χ4v) is 3.04. The summed E-state index contributed by atoms with van der Waals surface area (Å²) in [6.07, 6.45) is 1.13. The Hall–Kier alpha value is -2.08. The van der Waals surface area contributed by atoms with Crippen LogP contribution in [0.2, 0.25) is 0 Å². The topological polar surface area (TPSA) is 66.0 Å². The van der Waals surface area contributed by atoms with Crippen LogP contribution in [0.15, 0.2) is 29.3 Å². The van der Waals surface area contributed by atoms with Crippen molar-refractivity contribution in [2.75, 3.05) is 46.4 Å². The molecule has 0 aromatic heterocycles. The Morgan fingerprint density at radius 2 is 2.24 bits per heavy atom. The second kappa shape index (κ2) is 10.0. The summed E-state index contributed by atoms with van der Waals surface area (Å²) in [4.78, 5) is 19.1. The van der Waals surface area contributed by atoms with Crippen LogP contribution in [0.3, 0.4) is 0 Å². The van der Waals surface area contributed by atoms with E-state index < -0.39 is 0 Å². The lowest BCUT2D eigenvalue weighted by Gasteiger charge is -2.21. The number of guanidine groups is 1. The van der Waals surface area contributed by atoms with E-state index in [2.05, 4.69) is 27.4 Å². The summed E-state index contributed by atoms with van der Waals surface area (Å²) in [6.45, 7) is 8.73. The van der Waals surface area contributed by atoms with E-state index in [4.69, 9.17) is 4.74 Å².